The highest BCUT2D eigenvalue weighted by Gasteiger charge is 2.69. The zero-order valence-electron chi connectivity index (χ0n) is 18.3. The van der Waals surface area contributed by atoms with Gasteiger partial charge >= 0.3 is 6.02 Å². The van der Waals surface area contributed by atoms with Crippen LogP contribution in [0.25, 0.3) is 0 Å². The molecule has 0 amide bonds. The van der Waals surface area contributed by atoms with Gasteiger partial charge in [-0.25, -0.2) is 0 Å². The Bertz CT molecular complexity index is 943. The van der Waals surface area contributed by atoms with Crippen molar-refractivity contribution in [2.75, 3.05) is 11.9 Å². The van der Waals surface area contributed by atoms with E-state index in [1.807, 2.05) is 30.3 Å². The first kappa shape index (κ1) is 20.3. The lowest BCUT2D eigenvalue weighted by molar-refractivity contribution is -0.383. The summed E-state index contributed by atoms with van der Waals surface area (Å²) >= 11 is 0. The molecule has 32 heavy (non-hydrogen) atoms. The summed E-state index contributed by atoms with van der Waals surface area (Å²) < 4.78 is 12.6. The molecular weight excluding hydrogens is 408 g/mol. The minimum absolute atomic E-state index is 0.219. The van der Waals surface area contributed by atoms with Gasteiger partial charge in [0.1, 0.15) is 0 Å². The smallest absolute Gasteiger partial charge is 0.314 e. The van der Waals surface area contributed by atoms with Crippen molar-refractivity contribution in [1.29, 1.82) is 5.53 Å². The van der Waals surface area contributed by atoms with Gasteiger partial charge in [-0.1, -0.05) is 41.9 Å². The zero-order chi connectivity index (χ0) is 21.8. The Morgan fingerprint density at radius 2 is 2.03 bits per heavy atom. The summed E-state index contributed by atoms with van der Waals surface area (Å²) in [4.78, 5) is 12.0. The zero-order valence-corrected chi connectivity index (χ0v) is 18.3. The normalized spacial score (nSPS) is 42.0. The third-order valence-corrected chi connectivity index (χ3v) is 8.20. The predicted molar refractivity (Wildman–Crippen MR) is 116 cm³/mol. The topological polar surface area (TPSA) is 97.5 Å². The number of hydrogen-bond acceptors (Lipinski definition) is 6. The highest BCUT2D eigenvalue weighted by atomic mass is 17.3. The number of hydrogen-bond donors (Lipinski definition) is 2. The van der Waals surface area contributed by atoms with Crippen LogP contribution in [-0.4, -0.2) is 24.2 Å². The van der Waals surface area contributed by atoms with E-state index in [-0.39, 0.29) is 11.9 Å². The average Bonchev–Trinajstić information content (AvgIpc) is 3.15. The van der Waals surface area contributed by atoms with Gasteiger partial charge < -0.3 is 14.8 Å². The third kappa shape index (κ3) is 3.19. The minimum atomic E-state index is -0.638. The van der Waals surface area contributed by atoms with Crippen LogP contribution in [0.5, 0.6) is 0 Å². The van der Waals surface area contributed by atoms with Crippen molar-refractivity contribution in [3.8, 4) is 0 Å². The van der Waals surface area contributed by atoms with Gasteiger partial charge in [-0.3, -0.25) is 0 Å². The maximum Gasteiger partial charge on any atom is 0.314 e. The van der Waals surface area contributed by atoms with Crippen molar-refractivity contribution >= 4 is 11.7 Å². The SMILES string of the molecule is CC1C=C2CC3CC(C23)C12OOC1(CCC(CO/C(=N/N=N)Nc3ccccc3)CC1)O2. The number of allylic oxidation sites excluding steroid dienone is 1. The summed E-state index contributed by atoms with van der Waals surface area (Å²) in [7, 11) is 0. The van der Waals surface area contributed by atoms with Gasteiger partial charge in [0.15, 0.2) is 0 Å². The average molecular weight is 439 g/mol. The van der Waals surface area contributed by atoms with Crippen LogP contribution in [0.2, 0.25) is 0 Å². The van der Waals surface area contributed by atoms with E-state index >= 15 is 0 Å². The molecule has 1 heterocycles. The molecule has 2 N–H and O–H groups in total. The molecule has 0 aromatic heterocycles. The summed E-state index contributed by atoms with van der Waals surface area (Å²) in [6, 6.07) is 9.85. The molecule has 4 aliphatic carbocycles. The number of anilines is 1. The molecule has 6 rings (SSSR count). The number of nitrogens with one attached hydrogen (secondary N) is 2. The Morgan fingerprint density at radius 3 is 2.78 bits per heavy atom. The molecular formula is C24H30N4O4. The van der Waals surface area contributed by atoms with Crippen LogP contribution in [0, 0.1) is 35.1 Å². The second-order valence-electron chi connectivity index (χ2n) is 10.0. The Morgan fingerprint density at radius 1 is 1.22 bits per heavy atom. The molecule has 0 bridgehead atoms. The van der Waals surface area contributed by atoms with Crippen molar-refractivity contribution in [1.82, 2.24) is 0 Å². The van der Waals surface area contributed by atoms with E-state index in [0.717, 1.165) is 37.3 Å². The van der Waals surface area contributed by atoms with Gasteiger partial charge in [-0.2, -0.15) is 15.3 Å². The molecule has 4 fully saturated rings. The van der Waals surface area contributed by atoms with Crippen molar-refractivity contribution in [3.63, 3.8) is 0 Å². The van der Waals surface area contributed by atoms with Gasteiger partial charge in [0.05, 0.1) is 6.61 Å². The van der Waals surface area contributed by atoms with Crippen LogP contribution in [-0.2, 0) is 19.2 Å². The van der Waals surface area contributed by atoms with Crippen LogP contribution >= 0.6 is 0 Å². The number of amidine groups is 1. The fourth-order valence-electron chi connectivity index (χ4n) is 6.39. The first-order valence-corrected chi connectivity index (χ1v) is 11.8. The highest BCUT2D eigenvalue weighted by molar-refractivity contribution is 5.88. The summed E-state index contributed by atoms with van der Waals surface area (Å²) in [5.74, 6) is 1.26. The molecule has 2 spiro atoms. The van der Waals surface area contributed by atoms with Crippen LogP contribution in [0.3, 0.4) is 0 Å². The van der Waals surface area contributed by atoms with Crippen LogP contribution in [0.15, 0.2) is 52.3 Å². The van der Waals surface area contributed by atoms with Crippen molar-refractivity contribution < 1.29 is 19.2 Å². The number of rotatable bonds is 4. The van der Waals surface area contributed by atoms with Crippen molar-refractivity contribution in [2.45, 2.75) is 57.0 Å². The predicted octanol–water partition coefficient (Wildman–Crippen LogP) is 5.21. The van der Waals surface area contributed by atoms with Crippen molar-refractivity contribution in [2.24, 2.45) is 39.9 Å². The van der Waals surface area contributed by atoms with Gasteiger partial charge in [-0.15, -0.1) is 0 Å². The largest absolute Gasteiger partial charge is 0.463 e. The lowest BCUT2D eigenvalue weighted by Crippen LogP contribution is -2.63. The lowest BCUT2D eigenvalue weighted by Gasteiger charge is -2.63. The first-order chi connectivity index (χ1) is 15.6. The van der Waals surface area contributed by atoms with Crippen LogP contribution in [0.4, 0.5) is 5.69 Å². The lowest BCUT2D eigenvalue weighted by atomic mass is 9.45. The van der Waals surface area contributed by atoms with E-state index < -0.39 is 11.6 Å². The molecule has 1 aromatic carbocycles. The van der Waals surface area contributed by atoms with E-state index in [9.17, 15) is 0 Å². The van der Waals surface area contributed by atoms with Crippen LogP contribution in [0.1, 0.15) is 45.4 Å². The van der Waals surface area contributed by atoms with Gasteiger partial charge in [-0.05, 0) is 60.8 Å². The Hall–Kier alpha value is -2.29. The maximum absolute atomic E-state index is 7.06. The Labute approximate surface area is 187 Å². The van der Waals surface area contributed by atoms with E-state index in [1.54, 1.807) is 5.57 Å². The molecule has 1 aromatic rings. The monoisotopic (exact) mass is 438 g/mol. The van der Waals surface area contributed by atoms with Crippen molar-refractivity contribution in [3.05, 3.63) is 42.0 Å². The maximum atomic E-state index is 7.06. The Balaban J connectivity index is 1.05. The quantitative estimate of drug-likeness (QED) is 0.168. The van der Waals surface area contributed by atoms with E-state index in [1.165, 1.54) is 12.8 Å². The van der Waals surface area contributed by atoms with Gasteiger partial charge in [0, 0.05) is 30.4 Å². The molecule has 5 unspecified atom stereocenters. The minimum Gasteiger partial charge on any atom is -0.463 e. The fourth-order valence-corrected chi connectivity index (χ4v) is 6.39. The fraction of sp³-hybridized carbons (Fsp3) is 0.625. The number of nitrogens with zero attached hydrogens (tertiary/aromatic N) is 2. The molecule has 5 aliphatic rings. The van der Waals surface area contributed by atoms with Gasteiger partial charge in [0.25, 0.3) is 0 Å². The number of ether oxygens (including phenoxy) is 2. The van der Waals surface area contributed by atoms with Crippen LogP contribution < -0.4 is 5.32 Å². The summed E-state index contributed by atoms with van der Waals surface area (Å²) in [5, 5.41) is 9.97. The summed E-state index contributed by atoms with van der Waals surface area (Å²) in [6.07, 6.45) is 8.25. The number of fused-ring (bicyclic) bond motifs is 1. The molecule has 170 valence electrons. The second kappa shape index (κ2) is 7.64. The number of para-hydroxylation sites is 1. The number of benzene rings is 1. The molecule has 0 radical (unpaired) electrons. The van der Waals surface area contributed by atoms with Gasteiger partial charge in [0.2, 0.25) is 11.6 Å². The molecule has 3 saturated carbocycles. The molecule has 1 saturated heterocycles. The third-order valence-electron chi connectivity index (χ3n) is 8.20. The summed E-state index contributed by atoms with van der Waals surface area (Å²) in [6.45, 7) is 2.71. The summed E-state index contributed by atoms with van der Waals surface area (Å²) in [5.41, 5.74) is 9.51. The second-order valence-corrected chi connectivity index (χ2v) is 10.0. The highest BCUT2D eigenvalue weighted by Crippen LogP contribution is 2.68. The van der Waals surface area contributed by atoms with E-state index in [4.69, 9.17) is 24.8 Å². The standard InChI is InChI=1S/C24H30N4O4/c1-15-11-17-12-18-13-20(21(17)18)24(15)30-23(31-32-24)9-7-16(8-10-23)14-29-22(27-28-25)26-19-5-3-2-4-6-19/h2-6,11,15-16,18,20-21H,7-10,12-14H2,1H3,(H2,25,26,27). The Kier molecular flexibility index (Phi) is 4.85. The first-order valence-electron chi connectivity index (χ1n) is 11.8. The molecule has 8 nitrogen and oxygen atoms in total. The molecule has 5 atom stereocenters. The van der Waals surface area contributed by atoms with E-state index in [0.29, 0.717) is 24.4 Å². The van der Waals surface area contributed by atoms with E-state index in [2.05, 4.69) is 28.6 Å². The molecule has 1 aliphatic heterocycles. The molecule has 8 heteroatoms.